The Morgan fingerprint density at radius 3 is 2.61 bits per heavy atom. The van der Waals surface area contributed by atoms with Gasteiger partial charge < -0.3 is 5.32 Å². The average molecular weight is 332 g/mol. The monoisotopic (exact) mass is 331 g/mol. The molecule has 118 valence electrons. The molecular formula is C17H15ClFN3O. The van der Waals surface area contributed by atoms with E-state index in [-0.39, 0.29) is 18.3 Å². The van der Waals surface area contributed by atoms with Crippen LogP contribution in [-0.2, 0) is 11.3 Å². The molecular weight excluding hydrogens is 317 g/mol. The lowest BCUT2D eigenvalue weighted by atomic mass is 10.2. The zero-order valence-electron chi connectivity index (χ0n) is 12.5. The van der Waals surface area contributed by atoms with Crippen LogP contribution in [0.1, 0.15) is 11.1 Å². The summed E-state index contributed by atoms with van der Waals surface area (Å²) in [5.74, 6) is -0.484. The third kappa shape index (κ3) is 5.06. The maximum absolute atomic E-state index is 12.9. The molecule has 0 spiro atoms. The number of hydrogen-bond donors (Lipinski definition) is 1. The maximum Gasteiger partial charge on any atom is 0.238 e. The van der Waals surface area contributed by atoms with Crippen molar-refractivity contribution in [2.75, 3.05) is 18.9 Å². The average Bonchev–Trinajstić information content (AvgIpc) is 2.49. The van der Waals surface area contributed by atoms with Crippen molar-refractivity contribution in [1.29, 1.82) is 5.26 Å². The summed E-state index contributed by atoms with van der Waals surface area (Å²) in [5, 5.41) is 11.8. The van der Waals surface area contributed by atoms with E-state index in [1.807, 2.05) is 11.0 Å². The van der Waals surface area contributed by atoms with Gasteiger partial charge in [0.2, 0.25) is 5.91 Å². The molecule has 4 nitrogen and oxygen atoms in total. The minimum atomic E-state index is -0.285. The second-order valence-electron chi connectivity index (χ2n) is 5.15. The molecule has 0 aliphatic rings. The molecule has 2 aromatic rings. The van der Waals surface area contributed by atoms with Gasteiger partial charge in [0.05, 0.1) is 17.1 Å². The summed E-state index contributed by atoms with van der Waals surface area (Å²) in [6.45, 7) is 0.705. The first kappa shape index (κ1) is 16.9. The van der Waals surface area contributed by atoms with Gasteiger partial charge in [0.15, 0.2) is 0 Å². The van der Waals surface area contributed by atoms with Gasteiger partial charge in [-0.1, -0.05) is 23.7 Å². The van der Waals surface area contributed by atoms with E-state index in [1.54, 1.807) is 31.3 Å². The molecule has 0 atom stereocenters. The van der Waals surface area contributed by atoms with Crippen molar-refractivity contribution < 1.29 is 9.18 Å². The van der Waals surface area contributed by atoms with Crippen molar-refractivity contribution in [3.05, 3.63) is 64.4 Å². The van der Waals surface area contributed by atoms with Crippen LogP contribution in [0.25, 0.3) is 0 Å². The van der Waals surface area contributed by atoms with Crippen molar-refractivity contribution in [3.63, 3.8) is 0 Å². The first-order valence-corrected chi connectivity index (χ1v) is 7.28. The summed E-state index contributed by atoms with van der Waals surface area (Å²) in [5.41, 5.74) is 1.82. The molecule has 6 heteroatoms. The molecule has 2 rings (SSSR count). The Kier molecular flexibility index (Phi) is 5.69. The highest BCUT2D eigenvalue weighted by Crippen LogP contribution is 2.20. The summed E-state index contributed by atoms with van der Waals surface area (Å²) in [6, 6.07) is 12.8. The van der Waals surface area contributed by atoms with Gasteiger partial charge in [0.1, 0.15) is 11.9 Å². The van der Waals surface area contributed by atoms with Crippen molar-refractivity contribution in [2.24, 2.45) is 0 Å². The Bertz CT molecular complexity index is 740. The second kappa shape index (κ2) is 7.73. The van der Waals surface area contributed by atoms with Crippen LogP contribution in [0.4, 0.5) is 10.1 Å². The van der Waals surface area contributed by atoms with Crippen LogP contribution in [-0.4, -0.2) is 24.4 Å². The highest BCUT2D eigenvalue weighted by Gasteiger charge is 2.09. The van der Waals surface area contributed by atoms with E-state index < -0.39 is 0 Å². The van der Waals surface area contributed by atoms with Crippen molar-refractivity contribution in [2.45, 2.75) is 6.54 Å². The number of amides is 1. The van der Waals surface area contributed by atoms with Gasteiger partial charge in [-0.05, 0) is 42.9 Å². The number of nitriles is 1. The van der Waals surface area contributed by atoms with Gasteiger partial charge in [-0.25, -0.2) is 4.39 Å². The van der Waals surface area contributed by atoms with Gasteiger partial charge in [0, 0.05) is 12.2 Å². The van der Waals surface area contributed by atoms with Gasteiger partial charge in [-0.15, -0.1) is 0 Å². The summed E-state index contributed by atoms with van der Waals surface area (Å²) >= 11 is 5.92. The quantitative estimate of drug-likeness (QED) is 0.913. The molecule has 0 saturated heterocycles. The van der Waals surface area contributed by atoms with E-state index in [9.17, 15) is 9.18 Å². The normalized spacial score (nSPS) is 10.4. The molecule has 23 heavy (non-hydrogen) atoms. The predicted molar refractivity (Wildman–Crippen MR) is 87.5 cm³/mol. The van der Waals surface area contributed by atoms with E-state index in [0.29, 0.717) is 22.8 Å². The fraction of sp³-hybridized carbons (Fsp3) is 0.176. The van der Waals surface area contributed by atoms with Gasteiger partial charge in [-0.2, -0.15) is 5.26 Å². The van der Waals surface area contributed by atoms with Crippen LogP contribution < -0.4 is 5.32 Å². The molecule has 0 fully saturated rings. The lowest BCUT2D eigenvalue weighted by Gasteiger charge is -2.16. The summed E-state index contributed by atoms with van der Waals surface area (Å²) in [6.07, 6.45) is 0. The third-order valence-corrected chi connectivity index (χ3v) is 3.47. The molecule has 0 radical (unpaired) electrons. The standard InChI is InChI=1S/C17H15ClFN3O/c1-22(10-12-2-5-14(19)6-3-12)11-17(23)21-15-7-4-13(9-20)16(18)8-15/h2-8H,10-11H2,1H3,(H,21,23). The minimum Gasteiger partial charge on any atom is -0.325 e. The van der Waals surface area contributed by atoms with E-state index in [2.05, 4.69) is 5.32 Å². The Hall–Kier alpha value is -2.42. The van der Waals surface area contributed by atoms with E-state index in [4.69, 9.17) is 16.9 Å². The predicted octanol–water partition coefficient (Wildman–Crippen LogP) is 3.42. The molecule has 0 aliphatic heterocycles. The molecule has 1 N–H and O–H groups in total. The summed E-state index contributed by atoms with van der Waals surface area (Å²) in [4.78, 5) is 13.8. The number of carbonyl (C=O) groups excluding carboxylic acids is 1. The molecule has 0 aromatic heterocycles. The van der Waals surface area contributed by atoms with Crippen LogP contribution in [0.15, 0.2) is 42.5 Å². The lowest BCUT2D eigenvalue weighted by Crippen LogP contribution is -2.29. The first-order valence-electron chi connectivity index (χ1n) is 6.90. The van der Waals surface area contributed by atoms with E-state index >= 15 is 0 Å². The smallest absolute Gasteiger partial charge is 0.238 e. The molecule has 0 aliphatic carbocycles. The van der Waals surface area contributed by atoms with Crippen LogP contribution in [0, 0.1) is 17.1 Å². The molecule has 0 bridgehead atoms. The molecule has 0 unspecified atom stereocenters. The highest BCUT2D eigenvalue weighted by atomic mass is 35.5. The fourth-order valence-electron chi connectivity index (χ4n) is 2.09. The number of likely N-dealkylation sites (N-methyl/N-ethyl adjacent to an activating group) is 1. The largest absolute Gasteiger partial charge is 0.325 e. The van der Waals surface area contributed by atoms with Crippen molar-refractivity contribution in [1.82, 2.24) is 4.90 Å². The second-order valence-corrected chi connectivity index (χ2v) is 5.56. The van der Waals surface area contributed by atoms with Crippen molar-refractivity contribution in [3.8, 4) is 6.07 Å². The Balaban J connectivity index is 1.90. The van der Waals surface area contributed by atoms with Crippen LogP contribution in [0.3, 0.4) is 0 Å². The lowest BCUT2D eigenvalue weighted by molar-refractivity contribution is -0.117. The van der Waals surface area contributed by atoms with Crippen LogP contribution >= 0.6 is 11.6 Å². The minimum absolute atomic E-state index is 0.176. The van der Waals surface area contributed by atoms with Crippen molar-refractivity contribution >= 4 is 23.2 Å². The topological polar surface area (TPSA) is 56.1 Å². The summed E-state index contributed by atoms with van der Waals surface area (Å²) < 4.78 is 12.9. The number of halogens is 2. The number of carbonyl (C=O) groups is 1. The molecule has 0 saturated carbocycles. The van der Waals surface area contributed by atoms with E-state index in [1.165, 1.54) is 18.2 Å². The van der Waals surface area contributed by atoms with Crippen LogP contribution in [0.2, 0.25) is 5.02 Å². The Morgan fingerprint density at radius 1 is 1.30 bits per heavy atom. The maximum atomic E-state index is 12.9. The number of anilines is 1. The molecule has 0 heterocycles. The third-order valence-electron chi connectivity index (χ3n) is 3.15. The van der Waals surface area contributed by atoms with Gasteiger partial charge in [-0.3, -0.25) is 9.69 Å². The number of rotatable bonds is 5. The number of nitrogens with zero attached hydrogens (tertiary/aromatic N) is 2. The molecule has 2 aromatic carbocycles. The number of hydrogen-bond acceptors (Lipinski definition) is 3. The van der Waals surface area contributed by atoms with Gasteiger partial charge in [0.25, 0.3) is 0 Å². The summed E-state index contributed by atoms with van der Waals surface area (Å²) in [7, 11) is 1.80. The zero-order chi connectivity index (χ0) is 16.8. The Labute approximate surface area is 139 Å². The zero-order valence-corrected chi connectivity index (χ0v) is 13.3. The van der Waals surface area contributed by atoms with Crippen LogP contribution in [0.5, 0.6) is 0 Å². The number of benzene rings is 2. The molecule has 1 amide bonds. The Morgan fingerprint density at radius 2 is 2.00 bits per heavy atom. The fourth-order valence-corrected chi connectivity index (χ4v) is 2.31. The SMILES string of the molecule is CN(CC(=O)Nc1ccc(C#N)c(Cl)c1)Cc1ccc(F)cc1. The number of nitrogens with one attached hydrogen (secondary N) is 1. The van der Waals surface area contributed by atoms with Gasteiger partial charge >= 0.3 is 0 Å². The van der Waals surface area contributed by atoms with E-state index in [0.717, 1.165) is 5.56 Å². The highest BCUT2D eigenvalue weighted by molar-refractivity contribution is 6.32. The first-order chi connectivity index (χ1) is 11.0.